The lowest BCUT2D eigenvalue weighted by molar-refractivity contribution is 0.176. The molecule has 2 aliphatic heterocycles. The van der Waals surface area contributed by atoms with E-state index in [2.05, 4.69) is 26.8 Å². The van der Waals surface area contributed by atoms with E-state index in [1.54, 1.807) is 15.3 Å². The molecule has 0 aromatic carbocycles. The van der Waals surface area contributed by atoms with Crippen LogP contribution in [0, 0.1) is 0 Å². The van der Waals surface area contributed by atoms with Crippen LogP contribution in [0.3, 0.4) is 0 Å². The summed E-state index contributed by atoms with van der Waals surface area (Å²) in [6.45, 7) is 8.70. The molecule has 1 unspecified atom stereocenters. The first-order valence-corrected chi connectivity index (χ1v) is 9.31. The number of thioether (sulfide) groups is 1. The Morgan fingerprint density at radius 3 is 2.75 bits per heavy atom. The van der Waals surface area contributed by atoms with Crippen molar-refractivity contribution in [3.63, 3.8) is 0 Å². The topological polar surface area (TPSA) is 58.1 Å². The normalized spacial score (nSPS) is 22.3. The van der Waals surface area contributed by atoms with Gasteiger partial charge in [-0.3, -0.25) is 14.3 Å². The highest BCUT2D eigenvalue weighted by Gasteiger charge is 2.24. The Kier molecular flexibility index (Phi) is 4.32. The van der Waals surface area contributed by atoms with Crippen LogP contribution in [0.5, 0.6) is 0 Å². The van der Waals surface area contributed by atoms with E-state index in [1.807, 2.05) is 30.0 Å². The van der Waals surface area contributed by atoms with Gasteiger partial charge in [0.05, 0.1) is 13.1 Å². The number of piperazine rings is 1. The Hall–Kier alpha value is -1.80. The summed E-state index contributed by atoms with van der Waals surface area (Å²) in [5.41, 5.74) is 0.646. The Bertz CT molecular complexity index is 804. The summed E-state index contributed by atoms with van der Waals surface area (Å²) in [7, 11) is 0. The summed E-state index contributed by atoms with van der Waals surface area (Å²) in [6, 6.07) is 5.61. The fourth-order valence-electron chi connectivity index (χ4n) is 3.15. The number of rotatable bonds is 3. The highest BCUT2D eigenvalue weighted by Crippen LogP contribution is 2.23. The van der Waals surface area contributed by atoms with Crippen LogP contribution in [0.25, 0.3) is 5.65 Å². The largest absolute Gasteiger partial charge is 0.350 e. The van der Waals surface area contributed by atoms with Crippen molar-refractivity contribution >= 4 is 22.6 Å². The first kappa shape index (κ1) is 15.7. The lowest BCUT2D eigenvalue weighted by Gasteiger charge is -2.35. The Morgan fingerprint density at radius 1 is 1.21 bits per heavy atom. The van der Waals surface area contributed by atoms with Gasteiger partial charge in [0, 0.05) is 44.2 Å². The molecule has 4 rings (SSSR count). The van der Waals surface area contributed by atoms with Crippen molar-refractivity contribution in [2.45, 2.75) is 18.7 Å². The highest BCUT2D eigenvalue weighted by atomic mass is 32.2. The van der Waals surface area contributed by atoms with E-state index in [0.717, 1.165) is 39.3 Å². The third-order valence-corrected chi connectivity index (χ3v) is 5.70. The van der Waals surface area contributed by atoms with E-state index in [-0.39, 0.29) is 5.69 Å². The summed E-state index contributed by atoms with van der Waals surface area (Å²) < 4.78 is 3.16. The summed E-state index contributed by atoms with van der Waals surface area (Å²) in [6.07, 6.45) is 1.76. The second kappa shape index (κ2) is 6.60. The van der Waals surface area contributed by atoms with E-state index in [9.17, 15) is 4.79 Å². The van der Waals surface area contributed by atoms with Gasteiger partial charge >= 0.3 is 5.69 Å². The molecule has 1 fully saturated rings. The first-order chi connectivity index (χ1) is 11.7. The number of aliphatic imine (C=N–C) groups is 1. The number of nitrogens with zero attached hydrogens (tertiary/aromatic N) is 6. The van der Waals surface area contributed by atoms with Crippen molar-refractivity contribution in [1.29, 1.82) is 0 Å². The van der Waals surface area contributed by atoms with Crippen LogP contribution < -0.4 is 5.69 Å². The van der Waals surface area contributed by atoms with E-state index >= 15 is 0 Å². The molecule has 0 bridgehead atoms. The van der Waals surface area contributed by atoms with Gasteiger partial charge in [0.25, 0.3) is 0 Å². The molecule has 24 heavy (non-hydrogen) atoms. The molecule has 2 aromatic heterocycles. The monoisotopic (exact) mass is 346 g/mol. The molecule has 128 valence electrons. The fourth-order valence-corrected chi connectivity index (χ4v) is 4.14. The maximum Gasteiger partial charge on any atom is 0.350 e. The van der Waals surface area contributed by atoms with Gasteiger partial charge in [0.1, 0.15) is 0 Å². The SMILES string of the molecule is CC1CN=C(N2CCN(CCn3nc4ccccn4c3=O)CC2)S1. The van der Waals surface area contributed by atoms with Crippen molar-refractivity contribution in [2.24, 2.45) is 4.99 Å². The minimum atomic E-state index is -0.0602. The van der Waals surface area contributed by atoms with Gasteiger partial charge in [-0.2, -0.15) is 0 Å². The van der Waals surface area contributed by atoms with E-state index in [4.69, 9.17) is 0 Å². The molecule has 1 atom stereocenters. The van der Waals surface area contributed by atoms with E-state index in [0.29, 0.717) is 17.4 Å². The van der Waals surface area contributed by atoms with Crippen molar-refractivity contribution in [2.75, 3.05) is 39.3 Å². The van der Waals surface area contributed by atoms with Gasteiger partial charge in [0.2, 0.25) is 0 Å². The van der Waals surface area contributed by atoms with Crippen molar-refractivity contribution in [3.8, 4) is 0 Å². The second-order valence-corrected chi connectivity index (χ2v) is 7.72. The molecule has 0 spiro atoms. The zero-order valence-corrected chi connectivity index (χ0v) is 14.7. The number of pyridine rings is 1. The molecule has 2 aliphatic rings. The molecular weight excluding hydrogens is 324 g/mol. The number of aromatic nitrogens is 3. The predicted molar refractivity (Wildman–Crippen MR) is 96.8 cm³/mol. The average Bonchev–Trinajstić information content (AvgIpc) is 3.18. The third kappa shape index (κ3) is 3.08. The molecule has 8 heteroatoms. The molecule has 7 nitrogen and oxygen atoms in total. The van der Waals surface area contributed by atoms with E-state index in [1.165, 1.54) is 5.17 Å². The van der Waals surface area contributed by atoms with Gasteiger partial charge in [-0.1, -0.05) is 24.8 Å². The summed E-state index contributed by atoms with van der Waals surface area (Å²) in [4.78, 5) is 21.7. The zero-order valence-electron chi connectivity index (χ0n) is 13.8. The number of amidine groups is 1. The summed E-state index contributed by atoms with van der Waals surface area (Å²) in [5.74, 6) is 0. The lowest BCUT2D eigenvalue weighted by atomic mass is 10.3. The highest BCUT2D eigenvalue weighted by molar-refractivity contribution is 8.14. The maximum atomic E-state index is 12.3. The minimum Gasteiger partial charge on any atom is -0.349 e. The van der Waals surface area contributed by atoms with Gasteiger partial charge in [-0.25, -0.2) is 9.48 Å². The lowest BCUT2D eigenvalue weighted by Crippen LogP contribution is -2.48. The number of fused-ring (bicyclic) bond motifs is 1. The average molecular weight is 346 g/mol. The third-order valence-electron chi connectivity index (χ3n) is 4.55. The molecule has 1 saturated heterocycles. The van der Waals surface area contributed by atoms with Crippen molar-refractivity contribution in [1.82, 2.24) is 24.0 Å². The smallest absolute Gasteiger partial charge is 0.349 e. The zero-order chi connectivity index (χ0) is 16.5. The Morgan fingerprint density at radius 2 is 2.04 bits per heavy atom. The van der Waals surface area contributed by atoms with Crippen LogP contribution in [-0.4, -0.2) is 73.7 Å². The van der Waals surface area contributed by atoms with Crippen LogP contribution in [0.2, 0.25) is 0 Å². The standard InChI is InChI=1S/C16H22N6OS/c1-13-12-17-15(24-13)20-9-6-19(7-10-20)8-11-22-16(23)21-5-3-2-4-14(21)18-22/h2-5,13H,6-12H2,1H3. The molecule has 0 amide bonds. The number of hydrogen-bond acceptors (Lipinski definition) is 6. The first-order valence-electron chi connectivity index (χ1n) is 8.43. The Labute approximate surface area is 145 Å². The molecule has 2 aromatic rings. The maximum absolute atomic E-state index is 12.3. The minimum absolute atomic E-state index is 0.0602. The predicted octanol–water partition coefficient (Wildman–Crippen LogP) is 0.605. The van der Waals surface area contributed by atoms with Gasteiger partial charge in [-0.15, -0.1) is 5.10 Å². The molecule has 0 N–H and O–H groups in total. The molecule has 4 heterocycles. The quantitative estimate of drug-likeness (QED) is 0.815. The summed E-state index contributed by atoms with van der Waals surface area (Å²) >= 11 is 1.89. The van der Waals surface area contributed by atoms with Crippen LogP contribution in [0.4, 0.5) is 0 Å². The number of hydrogen-bond donors (Lipinski definition) is 0. The van der Waals surface area contributed by atoms with Crippen LogP contribution in [0.15, 0.2) is 34.2 Å². The molecule has 0 saturated carbocycles. The van der Waals surface area contributed by atoms with Gasteiger partial charge < -0.3 is 4.90 Å². The summed E-state index contributed by atoms with van der Waals surface area (Å²) in [5, 5.41) is 6.21. The Balaban J connectivity index is 1.32. The van der Waals surface area contributed by atoms with Crippen molar-refractivity contribution < 1.29 is 0 Å². The van der Waals surface area contributed by atoms with Crippen molar-refractivity contribution in [3.05, 3.63) is 34.9 Å². The molecular formula is C16H22N6OS. The second-order valence-electron chi connectivity index (χ2n) is 6.31. The van der Waals surface area contributed by atoms with E-state index < -0.39 is 0 Å². The van der Waals surface area contributed by atoms with Crippen LogP contribution in [0.1, 0.15) is 6.92 Å². The van der Waals surface area contributed by atoms with Crippen LogP contribution in [-0.2, 0) is 6.54 Å². The fraction of sp³-hybridized carbons (Fsp3) is 0.562. The molecule has 0 aliphatic carbocycles. The molecule has 0 radical (unpaired) electrons. The van der Waals surface area contributed by atoms with Gasteiger partial charge in [-0.05, 0) is 12.1 Å². The van der Waals surface area contributed by atoms with Gasteiger partial charge in [0.15, 0.2) is 10.8 Å². The van der Waals surface area contributed by atoms with Crippen LogP contribution >= 0.6 is 11.8 Å².